The van der Waals surface area contributed by atoms with Crippen LogP contribution in [0.25, 0.3) is 17.0 Å². The van der Waals surface area contributed by atoms with Gasteiger partial charge in [-0.05, 0) is 37.0 Å². The number of esters is 1. The van der Waals surface area contributed by atoms with Crippen molar-refractivity contribution in [2.45, 2.75) is 31.8 Å². The van der Waals surface area contributed by atoms with Gasteiger partial charge >= 0.3 is 5.97 Å². The number of rotatable bonds is 9. The van der Waals surface area contributed by atoms with Crippen molar-refractivity contribution in [2.75, 3.05) is 26.7 Å². The van der Waals surface area contributed by atoms with E-state index in [0.29, 0.717) is 26.1 Å². The summed E-state index contributed by atoms with van der Waals surface area (Å²) in [6, 6.07) is 17.9. The monoisotopic (exact) mass is 512 g/mol. The van der Waals surface area contributed by atoms with Gasteiger partial charge in [0.15, 0.2) is 5.69 Å². The van der Waals surface area contributed by atoms with E-state index >= 15 is 0 Å². The van der Waals surface area contributed by atoms with Crippen molar-refractivity contribution >= 4 is 28.9 Å². The Bertz CT molecular complexity index is 1440. The molecule has 1 aliphatic rings. The number of benzene rings is 2. The van der Waals surface area contributed by atoms with Crippen LogP contribution in [-0.4, -0.2) is 69.5 Å². The van der Waals surface area contributed by atoms with E-state index in [-0.39, 0.29) is 23.7 Å². The van der Waals surface area contributed by atoms with Crippen molar-refractivity contribution in [3.05, 3.63) is 89.4 Å². The number of amides is 1. The van der Waals surface area contributed by atoms with Crippen LogP contribution in [0.3, 0.4) is 0 Å². The number of ether oxygens (including phenoxy) is 1. The number of methoxy groups -OCH3 is 1. The highest BCUT2D eigenvalue weighted by molar-refractivity contribution is 5.86. The zero-order chi connectivity index (χ0) is 26.5. The predicted octanol–water partition coefficient (Wildman–Crippen LogP) is 3.62. The van der Waals surface area contributed by atoms with Crippen molar-refractivity contribution in [1.82, 2.24) is 30.2 Å². The molecule has 0 saturated carbocycles. The van der Waals surface area contributed by atoms with Crippen LogP contribution in [0.2, 0.25) is 0 Å². The lowest BCUT2D eigenvalue weighted by atomic mass is 10.1. The molecule has 1 amide bonds. The van der Waals surface area contributed by atoms with E-state index in [2.05, 4.69) is 62.8 Å². The maximum atomic E-state index is 13.4. The molecule has 0 bridgehead atoms. The van der Waals surface area contributed by atoms with Gasteiger partial charge in [0, 0.05) is 36.7 Å². The summed E-state index contributed by atoms with van der Waals surface area (Å²) in [4.78, 5) is 30.8. The number of para-hydroxylation sites is 1. The third kappa shape index (κ3) is 5.68. The Morgan fingerprint density at radius 3 is 2.76 bits per heavy atom. The molecule has 1 aliphatic heterocycles. The molecule has 196 valence electrons. The summed E-state index contributed by atoms with van der Waals surface area (Å²) >= 11 is 0. The number of hydrogen-bond acceptors (Lipinski definition) is 6. The zero-order valence-electron chi connectivity index (χ0n) is 21.6. The normalized spacial score (nSPS) is 18.1. The number of aromatic nitrogens is 4. The molecule has 2 aromatic carbocycles. The summed E-state index contributed by atoms with van der Waals surface area (Å²) in [5.41, 5.74) is 4.72. The summed E-state index contributed by atoms with van der Waals surface area (Å²) < 4.78 is 6.44. The van der Waals surface area contributed by atoms with E-state index in [9.17, 15) is 9.59 Å². The van der Waals surface area contributed by atoms with Crippen LogP contribution in [0.4, 0.5) is 0 Å². The molecule has 1 fully saturated rings. The molecule has 9 nitrogen and oxygen atoms in total. The predicted molar refractivity (Wildman–Crippen MR) is 145 cm³/mol. The second-order valence-corrected chi connectivity index (χ2v) is 9.71. The van der Waals surface area contributed by atoms with Crippen molar-refractivity contribution in [3.63, 3.8) is 0 Å². The number of likely N-dealkylation sites (tertiary alicyclic amines) is 1. The Morgan fingerprint density at radius 1 is 1.16 bits per heavy atom. The maximum absolute atomic E-state index is 13.4. The molecule has 0 spiro atoms. The van der Waals surface area contributed by atoms with Crippen molar-refractivity contribution < 1.29 is 14.3 Å². The second kappa shape index (κ2) is 11.4. The van der Waals surface area contributed by atoms with Crippen LogP contribution in [-0.2, 0) is 16.0 Å². The molecule has 4 aromatic rings. The summed E-state index contributed by atoms with van der Waals surface area (Å²) in [6.45, 7) is 3.89. The maximum Gasteiger partial charge on any atom is 0.360 e. The topological polar surface area (TPSA) is 105 Å². The fourth-order valence-corrected chi connectivity index (χ4v) is 5.15. The van der Waals surface area contributed by atoms with E-state index in [1.807, 2.05) is 36.5 Å². The third-order valence-electron chi connectivity index (χ3n) is 7.00. The van der Waals surface area contributed by atoms with Crippen LogP contribution in [0.15, 0.2) is 72.6 Å². The molecule has 3 heterocycles. The fraction of sp³-hybridized carbons (Fsp3) is 0.310. The van der Waals surface area contributed by atoms with Crippen LogP contribution in [0, 0.1) is 0 Å². The molecule has 0 aliphatic carbocycles. The van der Waals surface area contributed by atoms with Gasteiger partial charge in [0.05, 0.1) is 25.4 Å². The molecule has 38 heavy (non-hydrogen) atoms. The van der Waals surface area contributed by atoms with Gasteiger partial charge in [-0.1, -0.05) is 65.4 Å². The van der Waals surface area contributed by atoms with Crippen LogP contribution in [0.1, 0.15) is 41.0 Å². The van der Waals surface area contributed by atoms with Gasteiger partial charge in [-0.25, -0.2) is 9.48 Å². The van der Waals surface area contributed by atoms with E-state index in [1.54, 1.807) is 10.9 Å². The zero-order valence-corrected chi connectivity index (χ0v) is 21.6. The number of hydrogen-bond donors (Lipinski definition) is 2. The quantitative estimate of drug-likeness (QED) is 0.332. The van der Waals surface area contributed by atoms with Crippen molar-refractivity contribution in [2.24, 2.45) is 0 Å². The molecule has 2 N–H and O–H groups in total. The molecule has 5 rings (SSSR count). The Balaban J connectivity index is 1.28. The van der Waals surface area contributed by atoms with Crippen molar-refractivity contribution in [3.8, 4) is 0 Å². The highest BCUT2D eigenvalue weighted by Crippen LogP contribution is 2.28. The Morgan fingerprint density at radius 2 is 1.95 bits per heavy atom. The molecule has 2 aromatic heterocycles. The molecule has 1 saturated heterocycles. The smallest absolute Gasteiger partial charge is 0.360 e. The lowest BCUT2D eigenvalue weighted by Gasteiger charge is -2.24. The van der Waals surface area contributed by atoms with Gasteiger partial charge in [-0.3, -0.25) is 9.69 Å². The van der Waals surface area contributed by atoms with E-state index in [4.69, 9.17) is 4.74 Å². The molecule has 2 atom stereocenters. The first-order valence-electron chi connectivity index (χ1n) is 12.8. The summed E-state index contributed by atoms with van der Waals surface area (Å²) in [7, 11) is 1.32. The minimum absolute atomic E-state index is 0.00633. The van der Waals surface area contributed by atoms with Gasteiger partial charge in [-0.15, -0.1) is 5.10 Å². The largest absolute Gasteiger partial charge is 0.464 e. The summed E-state index contributed by atoms with van der Waals surface area (Å²) in [6.07, 6.45) is 7.06. The third-order valence-corrected chi connectivity index (χ3v) is 7.00. The van der Waals surface area contributed by atoms with Gasteiger partial charge in [0.1, 0.15) is 0 Å². The highest BCUT2D eigenvalue weighted by Gasteiger charge is 2.38. The SMILES string of the molecule is COC(=O)c1cn([C@@H]2C[C@@H](C(=O)NCCc3c[nH]c4ccccc34)N(C/C(C)=C/c3ccccc3)C2)nn1. The minimum atomic E-state index is -0.528. The van der Waals surface area contributed by atoms with Crippen molar-refractivity contribution in [1.29, 1.82) is 0 Å². The number of nitrogens with one attached hydrogen (secondary N) is 2. The Kier molecular flexibility index (Phi) is 7.65. The van der Waals surface area contributed by atoms with Gasteiger partial charge in [-0.2, -0.15) is 0 Å². The minimum Gasteiger partial charge on any atom is -0.464 e. The molecule has 0 radical (unpaired) electrons. The first-order chi connectivity index (χ1) is 18.5. The van der Waals surface area contributed by atoms with Gasteiger partial charge in [0.2, 0.25) is 5.91 Å². The number of fused-ring (bicyclic) bond motifs is 1. The fourth-order valence-electron chi connectivity index (χ4n) is 5.15. The molecular weight excluding hydrogens is 480 g/mol. The highest BCUT2D eigenvalue weighted by atomic mass is 16.5. The average molecular weight is 513 g/mol. The molecule has 9 heteroatoms. The lowest BCUT2D eigenvalue weighted by molar-refractivity contribution is -0.125. The summed E-state index contributed by atoms with van der Waals surface area (Å²) in [5.74, 6) is -0.535. The van der Waals surface area contributed by atoms with E-state index in [1.165, 1.54) is 18.1 Å². The Hall–Kier alpha value is -4.24. The number of aromatic amines is 1. The molecular formula is C29H32N6O3. The first-order valence-corrected chi connectivity index (χ1v) is 12.8. The van der Waals surface area contributed by atoms with E-state index < -0.39 is 5.97 Å². The molecule has 0 unspecified atom stereocenters. The lowest BCUT2D eigenvalue weighted by Crippen LogP contribution is -2.44. The second-order valence-electron chi connectivity index (χ2n) is 9.71. The van der Waals surface area contributed by atoms with E-state index in [0.717, 1.165) is 23.1 Å². The van der Waals surface area contributed by atoms with Crippen LogP contribution < -0.4 is 5.32 Å². The number of carbonyl (C=O) groups excluding carboxylic acids is 2. The number of H-pyrrole nitrogens is 1. The first kappa shape index (κ1) is 25.4. The van der Waals surface area contributed by atoms with Gasteiger partial charge in [0.25, 0.3) is 0 Å². The number of nitrogens with zero attached hydrogens (tertiary/aromatic N) is 4. The summed E-state index contributed by atoms with van der Waals surface area (Å²) in [5, 5.41) is 12.4. The number of carbonyl (C=O) groups is 2. The van der Waals surface area contributed by atoms with Crippen LogP contribution >= 0.6 is 0 Å². The van der Waals surface area contributed by atoms with Crippen LogP contribution in [0.5, 0.6) is 0 Å². The Labute approximate surface area is 221 Å². The van der Waals surface area contributed by atoms with Gasteiger partial charge < -0.3 is 15.0 Å². The average Bonchev–Trinajstić information content (AvgIpc) is 3.68. The standard InChI is InChI=1S/C29H32N6O3/c1-20(14-21-8-4-3-5-9-21)17-34-18-23(35-19-26(32-33-35)29(37)38-2)15-27(34)28(36)30-13-12-22-16-31-25-11-7-6-10-24(22)25/h3-11,14,16,19,23,27,31H,12-13,15,17-18H2,1-2H3,(H,30,36)/b20-14+/t23-,27+/m1/s1.